The summed E-state index contributed by atoms with van der Waals surface area (Å²) in [6, 6.07) is 1.86. The zero-order chi connectivity index (χ0) is 8.39. The van der Waals surface area contributed by atoms with E-state index in [9.17, 15) is 0 Å². The van der Waals surface area contributed by atoms with Crippen LogP contribution in [0.5, 0.6) is 0 Å². The maximum absolute atomic E-state index is 3.93. The molecule has 0 saturated heterocycles. The van der Waals surface area contributed by atoms with Gasteiger partial charge in [-0.25, -0.2) is 0 Å². The Morgan fingerprint density at radius 2 is 2.42 bits per heavy atom. The smallest absolute Gasteiger partial charge is 0.249 e. The number of aryl methyl sites for hydroxylation is 1. The molecule has 1 aliphatic rings. The second-order valence-corrected chi connectivity index (χ2v) is 2.33. The van der Waals surface area contributed by atoms with Crippen molar-refractivity contribution in [3.63, 3.8) is 0 Å². The Kier molecular flexibility index (Phi) is 1.51. The summed E-state index contributed by atoms with van der Waals surface area (Å²) >= 11 is 0. The topological polar surface area (TPSA) is 79.5 Å². The summed E-state index contributed by atoms with van der Waals surface area (Å²) in [5.41, 5.74) is 0.914. The molecule has 0 aliphatic carbocycles. The molecule has 1 aromatic rings. The average molecular weight is 163 g/mol. The molecular formula is C6H7N6. The van der Waals surface area contributed by atoms with Crippen molar-refractivity contribution in [3.8, 4) is 0 Å². The summed E-state index contributed by atoms with van der Waals surface area (Å²) in [6.07, 6.45) is 1.38. The first-order chi connectivity index (χ1) is 5.84. The molecule has 2 rings (SSSR count). The number of aromatic amines is 1. The Morgan fingerprint density at radius 3 is 3.00 bits per heavy atom. The van der Waals surface area contributed by atoms with Crippen LogP contribution in [0.4, 0.5) is 5.82 Å². The highest BCUT2D eigenvalue weighted by Gasteiger charge is 2.04. The van der Waals surface area contributed by atoms with Crippen LogP contribution >= 0.6 is 0 Å². The van der Waals surface area contributed by atoms with Crippen LogP contribution in [-0.2, 0) is 0 Å². The van der Waals surface area contributed by atoms with Crippen LogP contribution in [-0.4, -0.2) is 22.5 Å². The molecule has 0 unspecified atom stereocenters. The van der Waals surface area contributed by atoms with Crippen LogP contribution in [0.1, 0.15) is 5.69 Å². The predicted molar refractivity (Wildman–Crippen MR) is 45.0 cm³/mol. The van der Waals surface area contributed by atoms with Gasteiger partial charge in [0.05, 0.1) is 5.69 Å². The van der Waals surface area contributed by atoms with Gasteiger partial charge in [-0.15, -0.1) is 10.2 Å². The average Bonchev–Trinajstić information content (AvgIpc) is 2.63. The highest BCUT2D eigenvalue weighted by molar-refractivity contribution is 6.01. The third-order valence-corrected chi connectivity index (χ3v) is 1.34. The SMILES string of the molecule is Cc1cc(NC2=NN=C[N]2)[nH]n1. The maximum atomic E-state index is 3.93. The van der Waals surface area contributed by atoms with Gasteiger partial charge in [0.1, 0.15) is 12.2 Å². The Hall–Kier alpha value is -1.85. The molecule has 1 aliphatic heterocycles. The monoisotopic (exact) mass is 163 g/mol. The van der Waals surface area contributed by atoms with E-state index in [0.717, 1.165) is 11.5 Å². The molecule has 12 heavy (non-hydrogen) atoms. The van der Waals surface area contributed by atoms with Gasteiger partial charge < -0.3 is 5.32 Å². The van der Waals surface area contributed by atoms with Crippen LogP contribution < -0.4 is 10.6 Å². The van der Waals surface area contributed by atoms with Crippen LogP contribution in [0.15, 0.2) is 16.3 Å². The quantitative estimate of drug-likeness (QED) is 0.613. The van der Waals surface area contributed by atoms with E-state index in [2.05, 4.69) is 31.0 Å². The van der Waals surface area contributed by atoms with Gasteiger partial charge in [0.2, 0.25) is 5.96 Å². The van der Waals surface area contributed by atoms with Crippen molar-refractivity contribution >= 4 is 18.1 Å². The molecule has 0 saturated carbocycles. The zero-order valence-corrected chi connectivity index (χ0v) is 6.44. The van der Waals surface area contributed by atoms with E-state index in [1.165, 1.54) is 6.34 Å². The summed E-state index contributed by atoms with van der Waals surface area (Å²) < 4.78 is 0. The molecule has 6 nitrogen and oxygen atoms in total. The minimum Gasteiger partial charge on any atom is -0.308 e. The van der Waals surface area contributed by atoms with Gasteiger partial charge in [-0.2, -0.15) is 10.4 Å². The highest BCUT2D eigenvalue weighted by Crippen LogP contribution is 2.03. The van der Waals surface area contributed by atoms with Gasteiger partial charge in [-0.1, -0.05) is 0 Å². The van der Waals surface area contributed by atoms with E-state index >= 15 is 0 Å². The number of hydrogen-bond donors (Lipinski definition) is 2. The van der Waals surface area contributed by atoms with Crippen molar-refractivity contribution in [1.29, 1.82) is 0 Å². The number of H-pyrrole nitrogens is 1. The molecule has 2 heterocycles. The predicted octanol–water partition coefficient (Wildman–Crippen LogP) is 0.0473. The molecule has 0 atom stereocenters. The lowest BCUT2D eigenvalue weighted by Gasteiger charge is -1.97. The lowest BCUT2D eigenvalue weighted by atomic mass is 10.5. The fourth-order valence-electron chi connectivity index (χ4n) is 0.850. The standard InChI is InChI=1S/C6H7N6/c1-4-2-5(11-10-4)9-6-7-3-8-12-6/h2-3H,1H3,(H2,9,10,11,12). The second kappa shape index (κ2) is 2.65. The third kappa shape index (κ3) is 1.26. The lowest BCUT2D eigenvalue weighted by Crippen LogP contribution is -2.19. The molecule has 1 aromatic heterocycles. The lowest BCUT2D eigenvalue weighted by molar-refractivity contribution is 1.05. The fourth-order valence-corrected chi connectivity index (χ4v) is 0.850. The van der Waals surface area contributed by atoms with Gasteiger partial charge in [0, 0.05) is 6.07 Å². The summed E-state index contributed by atoms with van der Waals surface area (Å²) in [7, 11) is 0. The van der Waals surface area contributed by atoms with Gasteiger partial charge >= 0.3 is 0 Å². The first kappa shape index (κ1) is 6.84. The van der Waals surface area contributed by atoms with E-state index < -0.39 is 0 Å². The molecule has 0 bridgehead atoms. The molecule has 0 aromatic carbocycles. The molecule has 6 heteroatoms. The van der Waals surface area contributed by atoms with Crippen molar-refractivity contribution in [2.75, 3.05) is 5.32 Å². The normalized spacial score (nSPS) is 14.2. The number of nitrogens with one attached hydrogen (secondary N) is 2. The third-order valence-electron chi connectivity index (χ3n) is 1.34. The number of anilines is 1. The molecule has 61 valence electrons. The Balaban J connectivity index is 2.04. The zero-order valence-electron chi connectivity index (χ0n) is 6.44. The van der Waals surface area contributed by atoms with Crippen LogP contribution in [0.3, 0.4) is 0 Å². The van der Waals surface area contributed by atoms with Crippen molar-refractivity contribution in [2.24, 2.45) is 10.2 Å². The number of rotatable bonds is 1. The largest absolute Gasteiger partial charge is 0.308 e. The Bertz CT molecular complexity index is 336. The summed E-state index contributed by atoms with van der Waals surface area (Å²) in [5, 5.41) is 20.7. The minimum absolute atomic E-state index is 0.471. The molecular weight excluding hydrogens is 156 g/mol. The molecule has 0 amide bonds. The molecule has 2 N–H and O–H groups in total. The Labute approximate surface area is 68.8 Å². The van der Waals surface area contributed by atoms with Gasteiger partial charge in [0.15, 0.2) is 0 Å². The van der Waals surface area contributed by atoms with Crippen molar-refractivity contribution in [3.05, 3.63) is 11.8 Å². The van der Waals surface area contributed by atoms with Crippen LogP contribution in [0.2, 0.25) is 0 Å². The maximum Gasteiger partial charge on any atom is 0.249 e. The highest BCUT2D eigenvalue weighted by atomic mass is 15.4. The van der Waals surface area contributed by atoms with Crippen molar-refractivity contribution in [2.45, 2.75) is 6.92 Å². The second-order valence-electron chi connectivity index (χ2n) is 2.33. The first-order valence-corrected chi connectivity index (χ1v) is 3.44. The molecule has 0 spiro atoms. The number of hydrogen-bond acceptors (Lipinski definition) is 4. The van der Waals surface area contributed by atoms with E-state index in [1.54, 1.807) is 0 Å². The van der Waals surface area contributed by atoms with Crippen LogP contribution in [0.25, 0.3) is 0 Å². The number of aromatic nitrogens is 2. The molecule has 0 fully saturated rings. The van der Waals surface area contributed by atoms with E-state index in [1.807, 2.05) is 13.0 Å². The van der Waals surface area contributed by atoms with Crippen molar-refractivity contribution in [1.82, 2.24) is 15.5 Å². The number of guanidine groups is 1. The van der Waals surface area contributed by atoms with Crippen LogP contribution in [0, 0.1) is 6.92 Å². The van der Waals surface area contributed by atoms with Crippen molar-refractivity contribution < 1.29 is 0 Å². The summed E-state index contributed by atoms with van der Waals surface area (Å²) in [4.78, 5) is 0. The van der Waals surface area contributed by atoms with E-state index in [-0.39, 0.29) is 0 Å². The van der Waals surface area contributed by atoms with Gasteiger partial charge in [-0.05, 0) is 6.92 Å². The van der Waals surface area contributed by atoms with E-state index in [4.69, 9.17) is 0 Å². The minimum atomic E-state index is 0.471. The first-order valence-electron chi connectivity index (χ1n) is 3.44. The number of nitrogens with zero attached hydrogens (tertiary/aromatic N) is 4. The van der Waals surface area contributed by atoms with Gasteiger partial charge in [-0.3, -0.25) is 5.10 Å². The Morgan fingerprint density at radius 1 is 1.50 bits per heavy atom. The summed E-state index contributed by atoms with van der Waals surface area (Å²) in [6.45, 7) is 1.89. The fraction of sp³-hybridized carbons (Fsp3) is 0.167. The van der Waals surface area contributed by atoms with E-state index in [0.29, 0.717) is 5.96 Å². The summed E-state index contributed by atoms with van der Waals surface area (Å²) in [5.74, 6) is 1.24. The molecule has 1 radical (unpaired) electrons. The van der Waals surface area contributed by atoms with Gasteiger partial charge in [0.25, 0.3) is 0 Å².